The van der Waals surface area contributed by atoms with E-state index in [9.17, 15) is 0 Å². The van der Waals surface area contributed by atoms with E-state index in [0.29, 0.717) is 5.17 Å². The first-order chi connectivity index (χ1) is 4.84. The molecule has 0 saturated carbocycles. The summed E-state index contributed by atoms with van der Waals surface area (Å²) in [6.07, 6.45) is 3.04. The highest BCUT2D eigenvalue weighted by Gasteiger charge is 2.12. The average molecular weight is 156 g/mol. The molecule has 1 aliphatic rings. The fraction of sp³-hybridized carbons (Fsp3) is 0.571. The lowest BCUT2D eigenvalue weighted by Gasteiger charge is -2.26. The molecule has 0 aromatic rings. The van der Waals surface area contributed by atoms with Crippen LogP contribution >= 0.6 is 11.8 Å². The number of nitrogens with zero attached hydrogens (tertiary/aromatic N) is 1. The summed E-state index contributed by atoms with van der Waals surface area (Å²) >= 11 is 1.63. The normalized spacial score (nSPS) is 19.2. The van der Waals surface area contributed by atoms with E-state index in [4.69, 9.17) is 5.41 Å². The van der Waals surface area contributed by atoms with Gasteiger partial charge in [-0.05, 0) is 6.42 Å². The predicted molar refractivity (Wildman–Crippen MR) is 46.6 cm³/mol. The van der Waals surface area contributed by atoms with Crippen molar-refractivity contribution in [1.29, 1.82) is 5.41 Å². The van der Waals surface area contributed by atoms with E-state index in [1.807, 2.05) is 11.0 Å². The largest absolute Gasteiger partial charge is 0.348 e. The molecule has 1 N–H and O–H groups in total. The van der Waals surface area contributed by atoms with E-state index >= 15 is 0 Å². The molecule has 3 heteroatoms. The van der Waals surface area contributed by atoms with E-state index in [2.05, 4.69) is 6.58 Å². The summed E-state index contributed by atoms with van der Waals surface area (Å²) in [4.78, 5) is 2.04. The van der Waals surface area contributed by atoms with Gasteiger partial charge < -0.3 is 4.90 Å². The highest BCUT2D eigenvalue weighted by Crippen LogP contribution is 2.15. The molecular formula is C7H12N2S. The van der Waals surface area contributed by atoms with E-state index in [0.717, 1.165) is 18.8 Å². The first-order valence-corrected chi connectivity index (χ1v) is 4.40. The van der Waals surface area contributed by atoms with Gasteiger partial charge in [-0.1, -0.05) is 17.8 Å². The summed E-state index contributed by atoms with van der Waals surface area (Å²) < 4.78 is 0. The lowest BCUT2D eigenvalue weighted by molar-refractivity contribution is 0.461. The van der Waals surface area contributed by atoms with Crippen LogP contribution in [0.4, 0.5) is 0 Å². The summed E-state index contributed by atoms with van der Waals surface area (Å²) in [6.45, 7) is 5.49. The smallest absolute Gasteiger partial charge is 0.156 e. The molecule has 2 nitrogen and oxygen atoms in total. The first kappa shape index (κ1) is 7.66. The Morgan fingerprint density at radius 3 is 3.20 bits per heavy atom. The molecule has 0 unspecified atom stereocenters. The molecule has 10 heavy (non-hydrogen) atoms. The van der Waals surface area contributed by atoms with Crippen molar-refractivity contribution in [3.8, 4) is 0 Å². The molecule has 56 valence electrons. The number of amidine groups is 1. The average Bonchev–Trinajstić information content (AvgIpc) is 1.94. The number of hydrogen-bond acceptors (Lipinski definition) is 2. The fourth-order valence-corrected chi connectivity index (χ4v) is 1.76. The van der Waals surface area contributed by atoms with E-state index < -0.39 is 0 Å². The highest BCUT2D eigenvalue weighted by atomic mass is 32.2. The number of thioether (sulfide) groups is 1. The first-order valence-electron chi connectivity index (χ1n) is 3.42. The van der Waals surface area contributed by atoms with Gasteiger partial charge in [0.2, 0.25) is 0 Å². The third-order valence-corrected chi connectivity index (χ3v) is 2.47. The van der Waals surface area contributed by atoms with E-state index in [-0.39, 0.29) is 0 Å². The van der Waals surface area contributed by atoms with E-state index in [1.54, 1.807) is 11.8 Å². The Kier molecular flexibility index (Phi) is 2.81. The Hall–Kier alpha value is -0.440. The van der Waals surface area contributed by atoms with Crippen LogP contribution in [0.3, 0.4) is 0 Å². The standard InChI is InChI=1S/C7H12N2S/c1-2-4-9-5-3-6-10-7(9)8/h2,8H,1,3-6H2. The Morgan fingerprint density at radius 1 is 1.80 bits per heavy atom. The van der Waals surface area contributed by atoms with Crippen molar-refractivity contribution in [3.63, 3.8) is 0 Å². The maximum absolute atomic E-state index is 7.49. The number of rotatable bonds is 2. The van der Waals surface area contributed by atoms with Gasteiger partial charge in [0.05, 0.1) is 0 Å². The Balaban J connectivity index is 2.39. The molecule has 0 spiro atoms. The van der Waals surface area contributed by atoms with Gasteiger partial charge in [0.15, 0.2) is 5.17 Å². The van der Waals surface area contributed by atoms with Crippen LogP contribution in [0.15, 0.2) is 12.7 Å². The number of nitrogens with one attached hydrogen (secondary N) is 1. The van der Waals surface area contributed by atoms with Crippen LogP contribution in [0.5, 0.6) is 0 Å². The lowest BCUT2D eigenvalue weighted by Crippen LogP contribution is -2.33. The minimum atomic E-state index is 0.700. The van der Waals surface area contributed by atoms with Crippen LogP contribution in [0.25, 0.3) is 0 Å². The Morgan fingerprint density at radius 2 is 2.60 bits per heavy atom. The molecule has 0 aliphatic carbocycles. The number of hydrogen-bond donors (Lipinski definition) is 1. The molecule has 0 radical (unpaired) electrons. The van der Waals surface area contributed by atoms with Crippen molar-refractivity contribution >= 4 is 16.9 Å². The van der Waals surface area contributed by atoms with Gasteiger partial charge in [-0.15, -0.1) is 6.58 Å². The highest BCUT2D eigenvalue weighted by molar-refractivity contribution is 8.13. The van der Waals surface area contributed by atoms with Crippen molar-refractivity contribution in [2.45, 2.75) is 6.42 Å². The van der Waals surface area contributed by atoms with Crippen LogP contribution in [0, 0.1) is 5.41 Å². The molecule has 1 heterocycles. The van der Waals surface area contributed by atoms with Gasteiger partial charge in [0.25, 0.3) is 0 Å². The topological polar surface area (TPSA) is 27.1 Å². The van der Waals surface area contributed by atoms with Crippen molar-refractivity contribution in [3.05, 3.63) is 12.7 Å². The third kappa shape index (κ3) is 1.77. The molecule has 1 rings (SSSR count). The molecule has 0 aromatic heterocycles. The van der Waals surface area contributed by atoms with Gasteiger partial charge in [0, 0.05) is 18.8 Å². The van der Waals surface area contributed by atoms with Crippen LogP contribution in [-0.4, -0.2) is 28.9 Å². The lowest BCUT2D eigenvalue weighted by atomic mass is 10.4. The zero-order valence-corrected chi connectivity index (χ0v) is 6.78. The second-order valence-electron chi connectivity index (χ2n) is 2.24. The minimum absolute atomic E-state index is 0.700. The Bertz CT molecular complexity index is 145. The van der Waals surface area contributed by atoms with Crippen molar-refractivity contribution < 1.29 is 0 Å². The zero-order valence-electron chi connectivity index (χ0n) is 5.97. The molecule has 1 fully saturated rings. The van der Waals surface area contributed by atoms with Gasteiger partial charge in [-0.3, -0.25) is 5.41 Å². The summed E-state index contributed by atoms with van der Waals surface area (Å²) in [7, 11) is 0. The molecule has 1 saturated heterocycles. The zero-order chi connectivity index (χ0) is 7.40. The maximum Gasteiger partial charge on any atom is 0.156 e. The minimum Gasteiger partial charge on any atom is -0.348 e. The SMILES string of the molecule is C=CCN1CCCSC1=N. The van der Waals surface area contributed by atoms with Crippen molar-refractivity contribution in [2.75, 3.05) is 18.8 Å². The molecule has 0 atom stereocenters. The molecule has 0 bridgehead atoms. The predicted octanol–water partition coefficient (Wildman–Crippen LogP) is 1.55. The summed E-state index contributed by atoms with van der Waals surface area (Å²) in [5, 5.41) is 8.19. The quantitative estimate of drug-likeness (QED) is 0.614. The molecular weight excluding hydrogens is 144 g/mol. The second kappa shape index (κ2) is 3.66. The van der Waals surface area contributed by atoms with Gasteiger partial charge >= 0.3 is 0 Å². The van der Waals surface area contributed by atoms with Crippen LogP contribution < -0.4 is 0 Å². The van der Waals surface area contributed by atoms with Crippen molar-refractivity contribution in [2.24, 2.45) is 0 Å². The van der Waals surface area contributed by atoms with Crippen LogP contribution in [0.1, 0.15) is 6.42 Å². The molecule has 0 amide bonds. The maximum atomic E-state index is 7.49. The monoisotopic (exact) mass is 156 g/mol. The molecule has 0 aromatic carbocycles. The van der Waals surface area contributed by atoms with Crippen LogP contribution in [-0.2, 0) is 0 Å². The summed E-state index contributed by atoms with van der Waals surface area (Å²) in [5.74, 6) is 1.10. The van der Waals surface area contributed by atoms with Crippen molar-refractivity contribution in [1.82, 2.24) is 4.90 Å². The summed E-state index contributed by atoms with van der Waals surface area (Å²) in [6, 6.07) is 0. The fourth-order valence-electron chi connectivity index (χ4n) is 0.947. The van der Waals surface area contributed by atoms with E-state index in [1.165, 1.54) is 6.42 Å². The van der Waals surface area contributed by atoms with Gasteiger partial charge in [0.1, 0.15) is 0 Å². The molecule has 1 aliphatic heterocycles. The summed E-state index contributed by atoms with van der Waals surface area (Å²) in [5.41, 5.74) is 0. The van der Waals surface area contributed by atoms with Crippen LogP contribution in [0.2, 0.25) is 0 Å². The van der Waals surface area contributed by atoms with Gasteiger partial charge in [-0.25, -0.2) is 0 Å². The Labute approximate surface area is 65.8 Å². The second-order valence-corrected chi connectivity index (χ2v) is 3.33. The van der Waals surface area contributed by atoms with Gasteiger partial charge in [-0.2, -0.15) is 0 Å². The third-order valence-electron chi connectivity index (χ3n) is 1.45.